The monoisotopic (exact) mass is 479 g/mol. The molecule has 0 aromatic heterocycles. The molecule has 2 amide bonds. The molecule has 1 atom stereocenters. The number of nitrogens with zero attached hydrogens (tertiary/aromatic N) is 1. The number of carbonyl (C=O) groups excluding carboxylic acids is 2. The lowest BCUT2D eigenvalue weighted by Gasteiger charge is -2.33. The van der Waals surface area contributed by atoms with Gasteiger partial charge in [-0.05, 0) is 36.2 Å². The first-order valence-corrected chi connectivity index (χ1v) is 12.6. The van der Waals surface area contributed by atoms with Gasteiger partial charge >= 0.3 is 0 Å². The first-order valence-electron chi connectivity index (χ1n) is 10.8. The molecule has 1 aliphatic heterocycles. The summed E-state index contributed by atoms with van der Waals surface area (Å²) in [7, 11) is -3.62. The van der Waals surface area contributed by atoms with E-state index in [1.54, 1.807) is 48.5 Å². The number of ether oxygens (including phenoxy) is 1. The lowest BCUT2D eigenvalue weighted by molar-refractivity contribution is -0.122. The summed E-state index contributed by atoms with van der Waals surface area (Å²) in [5.41, 5.74) is 2.11. The summed E-state index contributed by atoms with van der Waals surface area (Å²) in [6.07, 6.45) is 0.676. The van der Waals surface area contributed by atoms with Crippen molar-refractivity contribution in [3.8, 4) is 5.75 Å². The highest BCUT2D eigenvalue weighted by molar-refractivity contribution is 7.92. The third-order valence-electron chi connectivity index (χ3n) is 5.40. The second-order valence-corrected chi connectivity index (χ2v) is 9.80. The molecule has 176 valence electrons. The number of para-hydroxylation sites is 3. The van der Waals surface area contributed by atoms with Gasteiger partial charge in [0.25, 0.3) is 11.8 Å². The van der Waals surface area contributed by atoms with E-state index < -0.39 is 22.0 Å². The fourth-order valence-electron chi connectivity index (χ4n) is 3.72. The maximum Gasteiger partial charge on any atom is 0.267 e. The highest BCUT2D eigenvalue weighted by atomic mass is 32.2. The number of anilines is 2. The smallest absolute Gasteiger partial charge is 0.267 e. The van der Waals surface area contributed by atoms with Crippen molar-refractivity contribution in [3.63, 3.8) is 0 Å². The SMILES string of the molecule is CS(=O)(=O)N1C[C@H](C(=O)Nc2ccccc2C(=O)NCCc2ccccc2)Oc2ccccc21. The summed E-state index contributed by atoms with van der Waals surface area (Å²) in [4.78, 5) is 25.8. The summed E-state index contributed by atoms with van der Waals surface area (Å²) in [6, 6.07) is 23.1. The molecular weight excluding hydrogens is 454 g/mol. The van der Waals surface area contributed by atoms with Gasteiger partial charge in [0.15, 0.2) is 6.10 Å². The molecule has 4 rings (SSSR count). The Morgan fingerprint density at radius 1 is 0.971 bits per heavy atom. The number of benzene rings is 3. The fourth-order valence-corrected chi connectivity index (χ4v) is 4.63. The van der Waals surface area contributed by atoms with Crippen LogP contribution in [0.1, 0.15) is 15.9 Å². The van der Waals surface area contributed by atoms with Crippen molar-refractivity contribution < 1.29 is 22.7 Å². The molecule has 9 heteroatoms. The third-order valence-corrected chi connectivity index (χ3v) is 6.55. The Kier molecular flexibility index (Phi) is 6.83. The average molecular weight is 480 g/mol. The van der Waals surface area contributed by atoms with Crippen LogP contribution in [0.2, 0.25) is 0 Å². The molecular formula is C25H25N3O5S. The van der Waals surface area contributed by atoms with Gasteiger partial charge < -0.3 is 15.4 Å². The quantitative estimate of drug-likeness (QED) is 0.542. The maximum atomic E-state index is 13.0. The number of hydrogen-bond donors (Lipinski definition) is 2. The third kappa shape index (κ3) is 5.37. The van der Waals surface area contributed by atoms with Gasteiger partial charge in [-0.15, -0.1) is 0 Å². The summed E-state index contributed by atoms with van der Waals surface area (Å²) >= 11 is 0. The molecule has 0 aliphatic carbocycles. The standard InChI is InChI=1S/C25H25N3O5S/c1-34(31,32)28-17-23(33-22-14-8-7-13-21(22)28)25(30)27-20-12-6-5-11-19(20)24(29)26-16-15-18-9-3-2-4-10-18/h2-14,23H,15-17H2,1H3,(H,26,29)(H,27,30)/t23-/m1/s1. The van der Waals surface area contributed by atoms with Gasteiger partial charge in [0.1, 0.15) is 5.75 Å². The second-order valence-electron chi connectivity index (χ2n) is 7.89. The summed E-state index contributed by atoms with van der Waals surface area (Å²) in [6.45, 7) is 0.268. The minimum atomic E-state index is -3.62. The second kappa shape index (κ2) is 9.96. The first kappa shape index (κ1) is 23.3. The van der Waals surface area contributed by atoms with E-state index >= 15 is 0 Å². The zero-order chi connectivity index (χ0) is 24.1. The Labute approximate surface area is 198 Å². The van der Waals surface area contributed by atoms with Crippen LogP contribution in [-0.2, 0) is 21.2 Å². The molecule has 1 aliphatic rings. The Morgan fingerprint density at radius 2 is 1.65 bits per heavy atom. The lowest BCUT2D eigenvalue weighted by Crippen LogP contribution is -2.48. The number of amides is 2. The van der Waals surface area contributed by atoms with Crippen molar-refractivity contribution in [3.05, 3.63) is 90.0 Å². The maximum absolute atomic E-state index is 13.0. The number of sulfonamides is 1. The number of fused-ring (bicyclic) bond motifs is 1. The van der Waals surface area contributed by atoms with E-state index in [2.05, 4.69) is 10.6 Å². The molecule has 34 heavy (non-hydrogen) atoms. The van der Waals surface area contributed by atoms with Crippen LogP contribution in [0, 0.1) is 0 Å². The van der Waals surface area contributed by atoms with E-state index in [-0.39, 0.29) is 12.5 Å². The molecule has 0 saturated carbocycles. The largest absolute Gasteiger partial charge is 0.476 e. The van der Waals surface area contributed by atoms with Crippen molar-refractivity contribution >= 4 is 33.2 Å². The number of nitrogens with one attached hydrogen (secondary N) is 2. The van der Waals surface area contributed by atoms with E-state index in [1.165, 1.54) is 0 Å². The van der Waals surface area contributed by atoms with E-state index in [1.807, 2.05) is 30.3 Å². The summed E-state index contributed by atoms with van der Waals surface area (Å²) in [5, 5.41) is 5.60. The molecule has 0 bridgehead atoms. The van der Waals surface area contributed by atoms with Crippen molar-refractivity contribution in [1.82, 2.24) is 5.32 Å². The van der Waals surface area contributed by atoms with Gasteiger partial charge in [0, 0.05) is 6.54 Å². The minimum Gasteiger partial charge on any atom is -0.476 e. The average Bonchev–Trinajstić information content (AvgIpc) is 2.83. The normalized spacial score (nSPS) is 15.1. The van der Waals surface area contributed by atoms with Crippen LogP contribution in [0.25, 0.3) is 0 Å². The van der Waals surface area contributed by atoms with Crippen molar-refractivity contribution in [2.45, 2.75) is 12.5 Å². The van der Waals surface area contributed by atoms with Gasteiger partial charge in [0.2, 0.25) is 10.0 Å². The summed E-state index contributed by atoms with van der Waals surface area (Å²) in [5.74, 6) is -0.571. The van der Waals surface area contributed by atoms with Crippen LogP contribution in [0.5, 0.6) is 5.75 Å². The topological polar surface area (TPSA) is 105 Å². The zero-order valence-corrected chi connectivity index (χ0v) is 19.4. The Balaban J connectivity index is 1.46. The minimum absolute atomic E-state index is 0.173. The first-order chi connectivity index (χ1) is 16.3. The van der Waals surface area contributed by atoms with Crippen LogP contribution in [-0.4, -0.2) is 45.7 Å². The molecule has 3 aromatic rings. The highest BCUT2D eigenvalue weighted by Gasteiger charge is 2.35. The molecule has 3 aromatic carbocycles. The Bertz CT molecular complexity index is 1290. The Hall–Kier alpha value is -3.85. The number of carbonyl (C=O) groups is 2. The summed E-state index contributed by atoms with van der Waals surface area (Å²) < 4.78 is 31.6. The Morgan fingerprint density at radius 3 is 2.41 bits per heavy atom. The highest BCUT2D eigenvalue weighted by Crippen LogP contribution is 2.34. The van der Waals surface area contributed by atoms with Crippen molar-refractivity contribution in [1.29, 1.82) is 0 Å². The molecule has 0 saturated heterocycles. The fraction of sp³-hybridized carbons (Fsp3) is 0.200. The van der Waals surface area contributed by atoms with Gasteiger partial charge in [-0.25, -0.2) is 8.42 Å². The van der Waals surface area contributed by atoms with Crippen molar-refractivity contribution in [2.24, 2.45) is 0 Å². The van der Waals surface area contributed by atoms with E-state index in [9.17, 15) is 18.0 Å². The van der Waals surface area contributed by atoms with Crippen molar-refractivity contribution in [2.75, 3.05) is 29.0 Å². The van der Waals surface area contributed by atoms with Gasteiger partial charge in [-0.3, -0.25) is 13.9 Å². The molecule has 0 unspecified atom stereocenters. The predicted octanol–water partition coefficient (Wildman–Crippen LogP) is 2.82. The number of hydrogen-bond acceptors (Lipinski definition) is 5. The van der Waals surface area contributed by atoms with Crippen LogP contribution in [0.15, 0.2) is 78.9 Å². The van der Waals surface area contributed by atoms with E-state index in [4.69, 9.17) is 4.74 Å². The molecule has 0 fully saturated rings. The molecule has 0 spiro atoms. The van der Waals surface area contributed by atoms with Gasteiger partial charge in [-0.1, -0.05) is 54.6 Å². The lowest BCUT2D eigenvalue weighted by atomic mass is 10.1. The van der Waals surface area contributed by atoms with Gasteiger partial charge in [0.05, 0.1) is 29.7 Å². The van der Waals surface area contributed by atoms with Crippen LogP contribution < -0.4 is 19.7 Å². The molecule has 8 nitrogen and oxygen atoms in total. The van der Waals surface area contributed by atoms with Crippen LogP contribution in [0.4, 0.5) is 11.4 Å². The van der Waals surface area contributed by atoms with Gasteiger partial charge in [-0.2, -0.15) is 0 Å². The van der Waals surface area contributed by atoms with Crippen LogP contribution in [0.3, 0.4) is 0 Å². The molecule has 2 N–H and O–H groups in total. The van der Waals surface area contributed by atoms with Crippen LogP contribution >= 0.6 is 0 Å². The molecule has 0 radical (unpaired) electrons. The number of rotatable bonds is 7. The van der Waals surface area contributed by atoms with E-state index in [0.717, 1.165) is 16.1 Å². The predicted molar refractivity (Wildman–Crippen MR) is 131 cm³/mol. The zero-order valence-electron chi connectivity index (χ0n) is 18.6. The van der Waals surface area contributed by atoms with E-state index in [0.29, 0.717) is 35.7 Å². The molecule has 1 heterocycles.